The highest BCUT2D eigenvalue weighted by molar-refractivity contribution is 6.30. The number of aliphatic hydroxyl groups is 2. The van der Waals surface area contributed by atoms with Gasteiger partial charge in [0.1, 0.15) is 17.3 Å². The van der Waals surface area contributed by atoms with Crippen LogP contribution < -0.4 is 5.32 Å². The minimum absolute atomic E-state index is 0.0697. The molecule has 0 spiro atoms. The first-order chi connectivity index (χ1) is 13.1. The molecule has 0 saturated heterocycles. The molecule has 0 radical (unpaired) electrons. The molecule has 4 nitrogen and oxygen atoms in total. The Morgan fingerprint density at radius 1 is 1.14 bits per heavy atom. The predicted molar refractivity (Wildman–Crippen MR) is 96.3 cm³/mol. The van der Waals surface area contributed by atoms with E-state index in [1.807, 2.05) is 0 Å². The van der Waals surface area contributed by atoms with E-state index in [0.717, 1.165) is 12.1 Å². The van der Waals surface area contributed by atoms with E-state index in [2.05, 4.69) is 5.32 Å². The summed E-state index contributed by atoms with van der Waals surface area (Å²) in [4.78, 5) is 12.8. The largest absolute Gasteiger partial charge is 0.390 e. The number of alkyl halides is 1. The van der Waals surface area contributed by atoms with Gasteiger partial charge in [0.2, 0.25) is 5.91 Å². The number of fused-ring (bicyclic) bond motifs is 2. The van der Waals surface area contributed by atoms with Crippen molar-refractivity contribution in [2.24, 2.45) is 11.3 Å². The molecule has 4 rings (SSSR count). The van der Waals surface area contributed by atoms with Crippen LogP contribution in [0.3, 0.4) is 0 Å². The minimum atomic E-state index is -1.37. The molecule has 0 heterocycles. The van der Waals surface area contributed by atoms with E-state index in [1.54, 1.807) is 0 Å². The smallest absolute Gasteiger partial charge is 0.223 e. The monoisotopic (exact) mass is 417 g/mol. The van der Waals surface area contributed by atoms with Crippen molar-refractivity contribution in [1.29, 1.82) is 0 Å². The van der Waals surface area contributed by atoms with E-state index in [4.69, 9.17) is 11.6 Å². The maximum absolute atomic E-state index is 14.8. The lowest BCUT2D eigenvalue weighted by molar-refractivity contribution is -0.127. The molecular weight excluding hydrogens is 395 g/mol. The van der Waals surface area contributed by atoms with Gasteiger partial charge in [0.05, 0.1) is 23.3 Å². The first kappa shape index (κ1) is 20.0. The Morgan fingerprint density at radius 3 is 2.29 bits per heavy atom. The summed E-state index contributed by atoms with van der Waals surface area (Å²) in [5.41, 5.74) is -2.49. The van der Waals surface area contributed by atoms with Gasteiger partial charge in [0, 0.05) is 11.5 Å². The van der Waals surface area contributed by atoms with Gasteiger partial charge < -0.3 is 15.5 Å². The number of halogens is 4. The average molecular weight is 418 g/mol. The van der Waals surface area contributed by atoms with Crippen LogP contribution in [0.25, 0.3) is 0 Å². The number of aliphatic hydroxyl groups excluding tert-OH is 2. The second kappa shape index (κ2) is 6.89. The first-order valence-corrected chi connectivity index (χ1v) is 10.0. The summed E-state index contributed by atoms with van der Waals surface area (Å²) < 4.78 is 44.3. The average Bonchev–Trinajstić information content (AvgIpc) is 3.29. The van der Waals surface area contributed by atoms with Gasteiger partial charge >= 0.3 is 0 Å². The second-order valence-electron chi connectivity index (χ2n) is 8.69. The second-order valence-corrected chi connectivity index (χ2v) is 9.10. The van der Waals surface area contributed by atoms with Crippen molar-refractivity contribution in [2.45, 2.75) is 68.9 Å². The standard InChI is InChI=1S/C20H23ClF3NO3/c21-11-1-2-12(22)15(16(11)23)17(19-3-5-20(24,9-19)6-4-19)25-18(28)10-7-13(26)14(27)8-10/h1-2,10,13-14,17,26-27H,3-9H2,(H,25,28)/t10?,13-,14+,17-,19?,20?/m1/s1. The Labute approximate surface area is 166 Å². The number of nitrogens with one attached hydrogen (secondary N) is 1. The van der Waals surface area contributed by atoms with E-state index in [0.29, 0.717) is 25.7 Å². The molecular formula is C20H23ClF3NO3. The third-order valence-corrected chi connectivity index (χ3v) is 7.24. The third kappa shape index (κ3) is 3.21. The third-order valence-electron chi connectivity index (χ3n) is 6.94. The minimum Gasteiger partial charge on any atom is -0.390 e. The Balaban J connectivity index is 1.70. The van der Waals surface area contributed by atoms with Crippen molar-refractivity contribution in [3.8, 4) is 0 Å². The van der Waals surface area contributed by atoms with Crippen molar-refractivity contribution < 1.29 is 28.2 Å². The lowest BCUT2D eigenvalue weighted by atomic mass is 9.74. The summed E-state index contributed by atoms with van der Waals surface area (Å²) in [7, 11) is 0. The SMILES string of the molecule is O=C(N[C@H](c1c(F)ccc(Cl)c1F)C12CCC(F)(CC1)C2)C1C[C@@H](O)[C@@H](O)C1. The molecule has 0 aromatic heterocycles. The van der Waals surface area contributed by atoms with Gasteiger partial charge in [-0.25, -0.2) is 13.2 Å². The van der Waals surface area contributed by atoms with Gasteiger partial charge in [-0.05, 0) is 62.5 Å². The Hall–Kier alpha value is -1.31. The number of carbonyl (C=O) groups is 1. The van der Waals surface area contributed by atoms with Crippen LogP contribution in [0.1, 0.15) is 56.6 Å². The summed E-state index contributed by atoms with van der Waals surface area (Å²) in [6.07, 6.45) is -0.334. The molecule has 3 saturated carbocycles. The van der Waals surface area contributed by atoms with E-state index in [9.17, 15) is 28.2 Å². The van der Waals surface area contributed by atoms with Crippen LogP contribution in [0.4, 0.5) is 13.2 Å². The maximum atomic E-state index is 14.8. The van der Waals surface area contributed by atoms with Crippen LogP contribution in [-0.2, 0) is 4.79 Å². The van der Waals surface area contributed by atoms with Gasteiger partial charge in [-0.15, -0.1) is 0 Å². The zero-order chi connectivity index (χ0) is 20.3. The summed E-state index contributed by atoms with van der Waals surface area (Å²) in [6, 6.07) is 1.10. The normalized spacial score (nSPS) is 38.0. The number of amides is 1. The number of carbonyl (C=O) groups excluding carboxylic acids is 1. The summed E-state index contributed by atoms with van der Waals surface area (Å²) >= 11 is 5.87. The topological polar surface area (TPSA) is 69.6 Å². The molecule has 1 aromatic rings. The highest BCUT2D eigenvalue weighted by atomic mass is 35.5. The van der Waals surface area contributed by atoms with Crippen LogP contribution >= 0.6 is 11.6 Å². The fourth-order valence-corrected chi connectivity index (χ4v) is 5.54. The summed E-state index contributed by atoms with van der Waals surface area (Å²) in [6.45, 7) is 0. The summed E-state index contributed by atoms with van der Waals surface area (Å²) in [5.74, 6) is -2.96. The van der Waals surface area contributed by atoms with Crippen molar-refractivity contribution in [3.05, 3.63) is 34.4 Å². The lowest BCUT2D eigenvalue weighted by Gasteiger charge is -2.37. The number of benzene rings is 1. The zero-order valence-corrected chi connectivity index (χ0v) is 16.0. The van der Waals surface area contributed by atoms with Crippen LogP contribution in [0.15, 0.2) is 12.1 Å². The van der Waals surface area contributed by atoms with Gasteiger partial charge in [-0.3, -0.25) is 4.79 Å². The lowest BCUT2D eigenvalue weighted by Crippen LogP contribution is -2.42. The van der Waals surface area contributed by atoms with Crippen LogP contribution in [0.5, 0.6) is 0 Å². The molecule has 1 unspecified atom stereocenters. The van der Waals surface area contributed by atoms with Crippen molar-refractivity contribution >= 4 is 17.5 Å². The fourth-order valence-electron chi connectivity index (χ4n) is 5.38. The zero-order valence-electron chi connectivity index (χ0n) is 15.2. The molecule has 4 atom stereocenters. The molecule has 0 aliphatic heterocycles. The van der Waals surface area contributed by atoms with E-state index in [1.165, 1.54) is 0 Å². The fraction of sp³-hybridized carbons (Fsp3) is 0.650. The van der Waals surface area contributed by atoms with Crippen LogP contribution in [0.2, 0.25) is 5.02 Å². The predicted octanol–water partition coefficient (Wildman–Crippen LogP) is 3.58. The molecule has 154 valence electrons. The van der Waals surface area contributed by atoms with Crippen LogP contribution in [-0.4, -0.2) is 34.0 Å². The van der Waals surface area contributed by atoms with Gasteiger partial charge in [0.15, 0.2) is 0 Å². The number of rotatable bonds is 4. The molecule has 3 aliphatic rings. The Morgan fingerprint density at radius 2 is 1.75 bits per heavy atom. The van der Waals surface area contributed by atoms with E-state index in [-0.39, 0.29) is 29.8 Å². The molecule has 2 bridgehead atoms. The number of hydrogen-bond acceptors (Lipinski definition) is 3. The molecule has 8 heteroatoms. The van der Waals surface area contributed by atoms with Gasteiger partial charge in [-0.1, -0.05) is 11.6 Å². The molecule has 3 aliphatic carbocycles. The van der Waals surface area contributed by atoms with Crippen molar-refractivity contribution in [2.75, 3.05) is 0 Å². The van der Waals surface area contributed by atoms with E-state index < -0.39 is 52.8 Å². The highest BCUT2D eigenvalue weighted by Crippen LogP contribution is 2.63. The van der Waals surface area contributed by atoms with Crippen molar-refractivity contribution in [3.63, 3.8) is 0 Å². The quantitative estimate of drug-likeness (QED) is 0.656. The van der Waals surface area contributed by atoms with E-state index >= 15 is 0 Å². The van der Waals surface area contributed by atoms with Crippen LogP contribution in [0, 0.1) is 23.0 Å². The molecule has 1 amide bonds. The maximum Gasteiger partial charge on any atom is 0.223 e. The Kier molecular flexibility index (Phi) is 4.91. The summed E-state index contributed by atoms with van der Waals surface area (Å²) in [5, 5.41) is 21.9. The number of hydrogen-bond donors (Lipinski definition) is 3. The molecule has 3 fully saturated rings. The highest BCUT2D eigenvalue weighted by Gasteiger charge is 2.59. The molecule has 28 heavy (non-hydrogen) atoms. The molecule has 1 aromatic carbocycles. The van der Waals surface area contributed by atoms with Gasteiger partial charge in [-0.2, -0.15) is 0 Å². The first-order valence-electron chi connectivity index (χ1n) is 9.63. The van der Waals surface area contributed by atoms with Crippen molar-refractivity contribution in [1.82, 2.24) is 5.32 Å². The van der Waals surface area contributed by atoms with Gasteiger partial charge in [0.25, 0.3) is 0 Å². The Bertz CT molecular complexity index is 787. The molecule has 3 N–H and O–H groups in total.